The fourth-order valence-corrected chi connectivity index (χ4v) is 2.88. The van der Waals surface area contributed by atoms with Crippen molar-refractivity contribution in [2.75, 3.05) is 0 Å². The molecule has 7 heteroatoms. The molecule has 3 N–H and O–H groups in total. The van der Waals surface area contributed by atoms with Gasteiger partial charge < -0.3 is 11.1 Å². The van der Waals surface area contributed by atoms with Gasteiger partial charge >= 0.3 is 0 Å². The Kier molecular flexibility index (Phi) is 4.72. The van der Waals surface area contributed by atoms with Crippen molar-refractivity contribution < 1.29 is 9.72 Å². The van der Waals surface area contributed by atoms with Crippen LogP contribution < -0.4 is 11.1 Å². The molecule has 1 aromatic carbocycles. The third-order valence-corrected chi connectivity index (χ3v) is 4.17. The molecule has 108 valence electrons. The van der Waals surface area contributed by atoms with E-state index in [1.54, 1.807) is 0 Å². The summed E-state index contributed by atoms with van der Waals surface area (Å²) >= 11 is 3.21. The number of hydrogen-bond donors (Lipinski definition) is 2. The molecule has 0 unspecified atom stereocenters. The molecule has 1 fully saturated rings. The van der Waals surface area contributed by atoms with Gasteiger partial charge in [-0.3, -0.25) is 14.9 Å². The molecule has 0 radical (unpaired) electrons. The summed E-state index contributed by atoms with van der Waals surface area (Å²) in [6.45, 7) is 0. The van der Waals surface area contributed by atoms with Gasteiger partial charge in [-0.05, 0) is 47.7 Å². The molecule has 0 saturated heterocycles. The van der Waals surface area contributed by atoms with Gasteiger partial charge in [-0.1, -0.05) is 0 Å². The van der Waals surface area contributed by atoms with Crippen LogP contribution in [0.15, 0.2) is 22.7 Å². The molecule has 1 aliphatic rings. The van der Waals surface area contributed by atoms with Crippen LogP contribution in [0.2, 0.25) is 0 Å². The Hall–Kier alpha value is -1.47. The predicted octanol–water partition coefficient (Wildman–Crippen LogP) is 2.36. The number of hydrogen-bond acceptors (Lipinski definition) is 4. The van der Waals surface area contributed by atoms with Gasteiger partial charge in [-0.2, -0.15) is 0 Å². The third kappa shape index (κ3) is 3.55. The molecule has 1 saturated carbocycles. The first-order valence-corrected chi connectivity index (χ1v) is 7.27. The van der Waals surface area contributed by atoms with E-state index >= 15 is 0 Å². The van der Waals surface area contributed by atoms with Crippen molar-refractivity contribution in [2.45, 2.75) is 37.8 Å². The summed E-state index contributed by atoms with van der Waals surface area (Å²) in [5.41, 5.74) is 6.19. The monoisotopic (exact) mass is 341 g/mol. The minimum atomic E-state index is -0.491. The quantitative estimate of drug-likeness (QED) is 0.651. The van der Waals surface area contributed by atoms with Crippen molar-refractivity contribution in [3.8, 4) is 0 Å². The lowest BCUT2D eigenvalue weighted by molar-refractivity contribution is -0.384. The van der Waals surface area contributed by atoms with E-state index in [2.05, 4.69) is 21.2 Å². The number of carbonyl (C=O) groups excluding carboxylic acids is 1. The van der Waals surface area contributed by atoms with Crippen LogP contribution in [0.3, 0.4) is 0 Å². The number of non-ortho nitro benzene ring substituents is 1. The molecule has 1 aliphatic carbocycles. The molecule has 0 spiro atoms. The second-order valence-corrected chi connectivity index (χ2v) is 5.86. The first-order valence-electron chi connectivity index (χ1n) is 6.47. The number of nitrogens with one attached hydrogen (secondary N) is 1. The van der Waals surface area contributed by atoms with Crippen LogP contribution in [0, 0.1) is 10.1 Å². The molecular weight excluding hydrogens is 326 g/mol. The maximum absolute atomic E-state index is 12.2. The lowest BCUT2D eigenvalue weighted by Gasteiger charge is -2.26. The zero-order chi connectivity index (χ0) is 14.7. The molecule has 1 aromatic rings. The highest BCUT2D eigenvalue weighted by Gasteiger charge is 2.22. The number of rotatable bonds is 3. The van der Waals surface area contributed by atoms with Crippen molar-refractivity contribution in [2.24, 2.45) is 5.73 Å². The van der Waals surface area contributed by atoms with Crippen LogP contribution in [0.1, 0.15) is 36.0 Å². The highest BCUT2D eigenvalue weighted by atomic mass is 79.9. The number of nitro groups is 1. The molecule has 0 aromatic heterocycles. The Morgan fingerprint density at radius 1 is 1.35 bits per heavy atom. The van der Waals surface area contributed by atoms with Gasteiger partial charge in [-0.25, -0.2) is 0 Å². The van der Waals surface area contributed by atoms with E-state index in [4.69, 9.17) is 5.73 Å². The van der Waals surface area contributed by atoms with Crippen LogP contribution in [-0.2, 0) is 0 Å². The van der Waals surface area contributed by atoms with Gasteiger partial charge in [0.15, 0.2) is 0 Å². The van der Waals surface area contributed by atoms with Gasteiger partial charge in [0.1, 0.15) is 0 Å². The van der Waals surface area contributed by atoms with E-state index in [0.717, 1.165) is 25.7 Å². The fourth-order valence-electron chi connectivity index (χ4n) is 2.33. The zero-order valence-corrected chi connectivity index (χ0v) is 12.4. The fraction of sp³-hybridized carbons (Fsp3) is 0.462. The van der Waals surface area contributed by atoms with Crippen LogP contribution in [0.25, 0.3) is 0 Å². The Bertz CT molecular complexity index is 528. The maximum Gasteiger partial charge on any atom is 0.270 e. The second-order valence-electron chi connectivity index (χ2n) is 5.01. The van der Waals surface area contributed by atoms with Gasteiger partial charge in [0, 0.05) is 28.7 Å². The maximum atomic E-state index is 12.2. The summed E-state index contributed by atoms with van der Waals surface area (Å²) < 4.78 is 0.428. The van der Waals surface area contributed by atoms with E-state index in [-0.39, 0.29) is 23.7 Å². The van der Waals surface area contributed by atoms with E-state index in [0.29, 0.717) is 10.0 Å². The lowest BCUT2D eigenvalue weighted by Crippen LogP contribution is -2.40. The van der Waals surface area contributed by atoms with Gasteiger partial charge in [0.05, 0.1) is 10.5 Å². The number of carbonyl (C=O) groups is 1. The Balaban J connectivity index is 2.04. The summed E-state index contributed by atoms with van der Waals surface area (Å²) in [6, 6.07) is 4.49. The summed E-state index contributed by atoms with van der Waals surface area (Å²) in [4.78, 5) is 22.3. The molecule has 2 rings (SSSR count). The summed E-state index contributed by atoms with van der Waals surface area (Å²) in [5, 5.41) is 13.6. The predicted molar refractivity (Wildman–Crippen MR) is 78.5 cm³/mol. The highest BCUT2D eigenvalue weighted by molar-refractivity contribution is 9.10. The summed E-state index contributed by atoms with van der Waals surface area (Å²) in [7, 11) is 0. The van der Waals surface area contributed by atoms with Crippen molar-refractivity contribution in [1.29, 1.82) is 0 Å². The Morgan fingerprint density at radius 2 is 2.00 bits per heavy atom. The number of amides is 1. The number of nitrogens with two attached hydrogens (primary N) is 1. The molecular formula is C13H16BrN3O3. The van der Waals surface area contributed by atoms with Crippen molar-refractivity contribution >= 4 is 27.5 Å². The number of nitro benzene ring substituents is 1. The molecule has 0 heterocycles. The Morgan fingerprint density at radius 3 is 2.55 bits per heavy atom. The molecule has 0 bridgehead atoms. The summed E-state index contributed by atoms with van der Waals surface area (Å²) in [6.07, 6.45) is 3.56. The van der Waals surface area contributed by atoms with E-state index in [1.165, 1.54) is 18.2 Å². The van der Waals surface area contributed by atoms with Crippen molar-refractivity contribution in [3.05, 3.63) is 38.3 Å². The third-order valence-electron chi connectivity index (χ3n) is 3.52. The molecule has 6 nitrogen and oxygen atoms in total. The highest BCUT2D eigenvalue weighted by Crippen LogP contribution is 2.24. The van der Waals surface area contributed by atoms with Gasteiger partial charge in [-0.15, -0.1) is 0 Å². The van der Waals surface area contributed by atoms with Crippen molar-refractivity contribution in [1.82, 2.24) is 5.32 Å². The first kappa shape index (κ1) is 14.9. The second kappa shape index (κ2) is 6.32. The number of halogens is 1. The van der Waals surface area contributed by atoms with E-state index < -0.39 is 4.92 Å². The normalized spacial score (nSPS) is 22.3. The number of benzene rings is 1. The minimum absolute atomic E-state index is 0.0444. The zero-order valence-electron chi connectivity index (χ0n) is 10.8. The molecule has 1 amide bonds. The minimum Gasteiger partial charge on any atom is -0.349 e. The van der Waals surface area contributed by atoms with Crippen LogP contribution in [0.4, 0.5) is 5.69 Å². The van der Waals surface area contributed by atoms with E-state index in [9.17, 15) is 14.9 Å². The standard InChI is InChI=1S/C13H16BrN3O3/c14-12-7-10(17(19)20)5-6-11(12)13(18)16-9-3-1-8(15)2-4-9/h5-9H,1-4,15H2,(H,16,18). The smallest absolute Gasteiger partial charge is 0.270 e. The largest absolute Gasteiger partial charge is 0.349 e. The summed E-state index contributed by atoms with van der Waals surface area (Å²) in [5.74, 6) is -0.216. The lowest BCUT2D eigenvalue weighted by atomic mass is 9.91. The van der Waals surface area contributed by atoms with Crippen molar-refractivity contribution in [3.63, 3.8) is 0 Å². The van der Waals surface area contributed by atoms with Crippen LogP contribution in [0.5, 0.6) is 0 Å². The Labute approximate surface area is 125 Å². The molecule has 0 atom stereocenters. The molecule has 0 aliphatic heterocycles. The van der Waals surface area contributed by atoms with Gasteiger partial charge in [0.2, 0.25) is 0 Å². The van der Waals surface area contributed by atoms with Crippen LogP contribution in [-0.4, -0.2) is 22.9 Å². The average Bonchev–Trinajstić information content (AvgIpc) is 2.41. The van der Waals surface area contributed by atoms with Gasteiger partial charge in [0.25, 0.3) is 11.6 Å². The SMILES string of the molecule is NC1CCC(NC(=O)c2ccc([N+](=O)[O-])cc2Br)CC1. The topological polar surface area (TPSA) is 98.3 Å². The number of nitrogens with zero attached hydrogens (tertiary/aromatic N) is 1. The first-order chi connectivity index (χ1) is 9.47. The van der Waals surface area contributed by atoms with E-state index in [1.807, 2.05) is 0 Å². The molecule has 20 heavy (non-hydrogen) atoms. The average molecular weight is 342 g/mol. The van der Waals surface area contributed by atoms with Crippen LogP contribution >= 0.6 is 15.9 Å².